The van der Waals surface area contributed by atoms with Crippen LogP contribution in [0, 0.1) is 11.3 Å². The van der Waals surface area contributed by atoms with Gasteiger partial charge in [0, 0.05) is 6.04 Å². The van der Waals surface area contributed by atoms with Crippen LogP contribution in [0.1, 0.15) is 19.4 Å². The van der Waals surface area contributed by atoms with E-state index in [0.29, 0.717) is 5.56 Å². The maximum atomic E-state index is 11.7. The Labute approximate surface area is 121 Å². The number of phenols is 1. The summed E-state index contributed by atoms with van der Waals surface area (Å²) in [6.45, 7) is 3.59. The fraction of sp³-hybridized carbons (Fsp3) is 0.231. The number of carbonyl (C=O) groups excluding carboxylic acids is 1. The monoisotopic (exact) mass is 298 g/mol. The number of halogens is 2. The molecule has 0 saturated carbocycles. The van der Waals surface area contributed by atoms with Crippen LogP contribution >= 0.6 is 23.2 Å². The number of carbonyl (C=O) groups is 1. The van der Waals surface area contributed by atoms with Crippen molar-refractivity contribution in [3.05, 3.63) is 33.3 Å². The molecule has 0 atom stereocenters. The zero-order chi connectivity index (χ0) is 14.6. The highest BCUT2D eigenvalue weighted by molar-refractivity contribution is 6.37. The van der Waals surface area contributed by atoms with E-state index < -0.39 is 5.91 Å². The number of nitrogens with zero attached hydrogens (tertiary/aromatic N) is 1. The van der Waals surface area contributed by atoms with Gasteiger partial charge in [0.05, 0.1) is 10.0 Å². The second-order valence-electron chi connectivity index (χ2n) is 4.13. The van der Waals surface area contributed by atoms with Crippen molar-refractivity contribution >= 4 is 35.2 Å². The van der Waals surface area contributed by atoms with Gasteiger partial charge in [-0.25, -0.2) is 0 Å². The summed E-state index contributed by atoms with van der Waals surface area (Å²) in [6.07, 6.45) is 1.36. The SMILES string of the molecule is CC(C)NC(=O)/C(C#N)=C\c1cc(Cl)c(O)c(Cl)c1. The first kappa shape index (κ1) is 15.4. The van der Waals surface area contributed by atoms with Gasteiger partial charge in [-0.3, -0.25) is 4.79 Å². The zero-order valence-corrected chi connectivity index (χ0v) is 11.9. The van der Waals surface area contributed by atoms with E-state index >= 15 is 0 Å². The van der Waals surface area contributed by atoms with E-state index in [1.165, 1.54) is 18.2 Å². The number of rotatable bonds is 3. The number of amides is 1. The zero-order valence-electron chi connectivity index (χ0n) is 10.4. The lowest BCUT2D eigenvalue weighted by Gasteiger charge is -2.07. The molecule has 0 aliphatic rings. The molecular weight excluding hydrogens is 287 g/mol. The first-order valence-corrected chi connectivity index (χ1v) is 6.21. The molecule has 0 unspecified atom stereocenters. The molecule has 0 aliphatic heterocycles. The third-order valence-electron chi connectivity index (χ3n) is 2.14. The van der Waals surface area contributed by atoms with E-state index in [1.54, 1.807) is 13.8 Å². The lowest BCUT2D eigenvalue weighted by molar-refractivity contribution is -0.117. The van der Waals surface area contributed by atoms with E-state index in [9.17, 15) is 9.90 Å². The normalized spacial score (nSPS) is 11.3. The van der Waals surface area contributed by atoms with Crippen molar-refractivity contribution in [3.8, 4) is 11.8 Å². The van der Waals surface area contributed by atoms with Crippen LogP contribution in [-0.4, -0.2) is 17.1 Å². The molecule has 1 aromatic rings. The van der Waals surface area contributed by atoms with Crippen molar-refractivity contribution in [2.24, 2.45) is 0 Å². The number of hydrogen-bond donors (Lipinski definition) is 2. The summed E-state index contributed by atoms with van der Waals surface area (Å²) in [6, 6.07) is 4.58. The van der Waals surface area contributed by atoms with Crippen molar-refractivity contribution in [1.82, 2.24) is 5.32 Å². The van der Waals surface area contributed by atoms with Gasteiger partial charge in [-0.05, 0) is 37.6 Å². The van der Waals surface area contributed by atoms with Crippen molar-refractivity contribution < 1.29 is 9.90 Å². The van der Waals surface area contributed by atoms with E-state index in [2.05, 4.69) is 5.32 Å². The molecule has 0 aromatic heterocycles. The molecule has 4 nitrogen and oxygen atoms in total. The molecule has 0 saturated heterocycles. The molecular formula is C13H12Cl2N2O2. The van der Waals surface area contributed by atoms with Crippen LogP contribution in [0.2, 0.25) is 10.0 Å². The molecule has 100 valence electrons. The predicted molar refractivity (Wildman–Crippen MR) is 75.0 cm³/mol. The second kappa shape index (κ2) is 6.46. The number of benzene rings is 1. The molecule has 1 rings (SSSR count). The molecule has 1 aromatic carbocycles. The van der Waals surface area contributed by atoms with Gasteiger partial charge in [-0.2, -0.15) is 5.26 Å². The average Bonchev–Trinajstić information content (AvgIpc) is 2.31. The van der Waals surface area contributed by atoms with Crippen molar-refractivity contribution in [1.29, 1.82) is 5.26 Å². The maximum Gasteiger partial charge on any atom is 0.262 e. The van der Waals surface area contributed by atoms with Gasteiger partial charge in [-0.1, -0.05) is 23.2 Å². The highest BCUT2D eigenvalue weighted by atomic mass is 35.5. The quantitative estimate of drug-likeness (QED) is 0.665. The second-order valence-corrected chi connectivity index (χ2v) is 4.95. The smallest absolute Gasteiger partial charge is 0.262 e. The molecule has 0 bridgehead atoms. The fourth-order valence-electron chi connectivity index (χ4n) is 1.32. The molecule has 0 fully saturated rings. The van der Waals surface area contributed by atoms with E-state index in [-0.39, 0.29) is 27.4 Å². The Morgan fingerprint density at radius 3 is 2.37 bits per heavy atom. The molecule has 1 amide bonds. The van der Waals surface area contributed by atoms with Crippen LogP contribution in [-0.2, 0) is 4.79 Å². The minimum Gasteiger partial charge on any atom is -0.505 e. The van der Waals surface area contributed by atoms with Crippen LogP contribution in [0.25, 0.3) is 6.08 Å². The lowest BCUT2D eigenvalue weighted by atomic mass is 10.1. The predicted octanol–water partition coefficient (Wildman–Crippen LogP) is 3.13. The minimum atomic E-state index is -0.474. The van der Waals surface area contributed by atoms with Crippen LogP contribution in [0.15, 0.2) is 17.7 Å². The number of phenolic OH excluding ortho intramolecular Hbond substituents is 1. The van der Waals surface area contributed by atoms with Crippen molar-refractivity contribution in [3.63, 3.8) is 0 Å². The lowest BCUT2D eigenvalue weighted by Crippen LogP contribution is -2.30. The maximum absolute atomic E-state index is 11.7. The van der Waals surface area contributed by atoms with E-state index in [4.69, 9.17) is 28.5 Å². The largest absolute Gasteiger partial charge is 0.505 e. The Hall–Kier alpha value is -1.70. The summed E-state index contributed by atoms with van der Waals surface area (Å²) in [5, 5.41) is 21.1. The third kappa shape index (κ3) is 4.16. The summed E-state index contributed by atoms with van der Waals surface area (Å²) >= 11 is 11.5. The van der Waals surface area contributed by atoms with Gasteiger partial charge in [0.1, 0.15) is 11.6 Å². The third-order valence-corrected chi connectivity index (χ3v) is 2.71. The average molecular weight is 299 g/mol. The Morgan fingerprint density at radius 1 is 1.42 bits per heavy atom. The Kier molecular flexibility index (Phi) is 5.22. The standard InChI is InChI=1S/C13H12Cl2N2O2/c1-7(2)17-13(19)9(6-16)3-8-4-10(14)12(18)11(15)5-8/h3-5,7,18H,1-2H3,(H,17,19)/b9-3-. The first-order valence-electron chi connectivity index (χ1n) is 5.45. The molecule has 6 heteroatoms. The Bertz CT molecular complexity index is 551. The van der Waals surface area contributed by atoms with Gasteiger partial charge in [0.15, 0.2) is 5.75 Å². The first-order chi connectivity index (χ1) is 8.85. The van der Waals surface area contributed by atoms with Crippen LogP contribution in [0.3, 0.4) is 0 Å². The van der Waals surface area contributed by atoms with Gasteiger partial charge in [-0.15, -0.1) is 0 Å². The highest BCUT2D eigenvalue weighted by Crippen LogP contribution is 2.33. The number of nitriles is 1. The summed E-state index contributed by atoms with van der Waals surface area (Å²) < 4.78 is 0. The molecule has 19 heavy (non-hydrogen) atoms. The topological polar surface area (TPSA) is 73.1 Å². The highest BCUT2D eigenvalue weighted by Gasteiger charge is 2.11. The van der Waals surface area contributed by atoms with Gasteiger partial charge in [0.2, 0.25) is 0 Å². The van der Waals surface area contributed by atoms with Crippen molar-refractivity contribution in [2.75, 3.05) is 0 Å². The number of nitrogens with one attached hydrogen (secondary N) is 1. The molecule has 0 aliphatic carbocycles. The van der Waals surface area contributed by atoms with Crippen LogP contribution in [0.5, 0.6) is 5.75 Å². The molecule has 0 heterocycles. The van der Waals surface area contributed by atoms with E-state index in [1.807, 2.05) is 6.07 Å². The molecule has 0 radical (unpaired) electrons. The Morgan fingerprint density at radius 2 is 1.95 bits per heavy atom. The van der Waals surface area contributed by atoms with Gasteiger partial charge >= 0.3 is 0 Å². The van der Waals surface area contributed by atoms with Gasteiger partial charge in [0.25, 0.3) is 5.91 Å². The van der Waals surface area contributed by atoms with Crippen molar-refractivity contribution in [2.45, 2.75) is 19.9 Å². The summed E-state index contributed by atoms with van der Waals surface area (Å²) in [4.78, 5) is 11.7. The Balaban J connectivity index is 3.12. The summed E-state index contributed by atoms with van der Waals surface area (Å²) in [5.74, 6) is -0.705. The minimum absolute atomic E-state index is 0.0558. The summed E-state index contributed by atoms with van der Waals surface area (Å²) in [5.41, 5.74) is 0.398. The molecule has 2 N–H and O–H groups in total. The van der Waals surface area contributed by atoms with Crippen LogP contribution in [0.4, 0.5) is 0 Å². The molecule has 0 spiro atoms. The number of aromatic hydroxyl groups is 1. The van der Waals surface area contributed by atoms with Gasteiger partial charge < -0.3 is 10.4 Å². The summed E-state index contributed by atoms with van der Waals surface area (Å²) in [7, 11) is 0. The van der Waals surface area contributed by atoms with Crippen LogP contribution < -0.4 is 5.32 Å². The number of hydrogen-bond acceptors (Lipinski definition) is 3. The van der Waals surface area contributed by atoms with E-state index in [0.717, 1.165) is 0 Å². The fourth-order valence-corrected chi connectivity index (χ4v) is 1.83.